The van der Waals surface area contributed by atoms with Crippen molar-refractivity contribution in [3.05, 3.63) is 23.4 Å². The number of nitrogens with one attached hydrogen (secondary N) is 1. The van der Waals surface area contributed by atoms with Gasteiger partial charge in [0.1, 0.15) is 0 Å². The predicted molar refractivity (Wildman–Crippen MR) is 67.4 cm³/mol. The van der Waals surface area contributed by atoms with E-state index in [1.165, 1.54) is 0 Å². The Kier molecular flexibility index (Phi) is 3.40. The summed E-state index contributed by atoms with van der Waals surface area (Å²) in [6, 6.07) is 4.03. The number of hydrogen-bond acceptors (Lipinski definition) is 4. The highest BCUT2D eigenvalue weighted by molar-refractivity contribution is 8.00. The minimum Gasteiger partial charge on any atom is -0.481 e. The van der Waals surface area contributed by atoms with Gasteiger partial charge < -0.3 is 10.4 Å². The van der Waals surface area contributed by atoms with Crippen LogP contribution in [0.3, 0.4) is 0 Å². The summed E-state index contributed by atoms with van der Waals surface area (Å²) < 4.78 is -0.223. The van der Waals surface area contributed by atoms with Crippen LogP contribution in [-0.4, -0.2) is 33.9 Å². The first-order valence-electron chi connectivity index (χ1n) is 5.56. The maximum Gasteiger partial charge on any atom is 0.304 e. The highest BCUT2D eigenvalue weighted by Gasteiger charge is 2.40. The molecular formula is C12H16N2O2S. The lowest BCUT2D eigenvalue weighted by Crippen LogP contribution is -2.58. The molecule has 2 N–H and O–H groups in total. The van der Waals surface area contributed by atoms with Crippen molar-refractivity contribution < 1.29 is 9.90 Å². The van der Waals surface area contributed by atoms with Crippen LogP contribution in [-0.2, 0) is 4.79 Å². The molecule has 2 rings (SSSR count). The summed E-state index contributed by atoms with van der Waals surface area (Å²) in [5.74, 6) is -0.747. The minimum atomic E-state index is -0.747. The van der Waals surface area contributed by atoms with E-state index >= 15 is 0 Å². The van der Waals surface area contributed by atoms with Gasteiger partial charge in [0.25, 0.3) is 0 Å². The van der Waals surface area contributed by atoms with Crippen LogP contribution in [0.2, 0.25) is 0 Å². The van der Waals surface area contributed by atoms with E-state index in [1.807, 2.05) is 26.0 Å². The molecule has 0 aliphatic carbocycles. The number of carboxylic acids is 1. The van der Waals surface area contributed by atoms with Crippen molar-refractivity contribution in [1.29, 1.82) is 0 Å². The molecule has 1 aliphatic heterocycles. The molecule has 0 aromatic carbocycles. The van der Waals surface area contributed by atoms with E-state index < -0.39 is 5.97 Å². The number of aromatic nitrogens is 1. The van der Waals surface area contributed by atoms with Crippen LogP contribution in [0.4, 0.5) is 0 Å². The van der Waals surface area contributed by atoms with Crippen LogP contribution in [0, 0.1) is 13.8 Å². The van der Waals surface area contributed by atoms with Gasteiger partial charge in [0, 0.05) is 18.8 Å². The van der Waals surface area contributed by atoms with Crippen molar-refractivity contribution in [2.75, 3.05) is 13.1 Å². The second-order valence-corrected chi connectivity index (χ2v) is 6.07. The van der Waals surface area contributed by atoms with Gasteiger partial charge in [-0.1, -0.05) is 11.8 Å². The summed E-state index contributed by atoms with van der Waals surface area (Å²) in [7, 11) is 0. The summed E-state index contributed by atoms with van der Waals surface area (Å²) in [5, 5.41) is 13.0. The Labute approximate surface area is 105 Å². The molecular weight excluding hydrogens is 236 g/mol. The van der Waals surface area contributed by atoms with Gasteiger partial charge in [0.2, 0.25) is 0 Å². The zero-order chi connectivity index (χ0) is 12.5. The minimum absolute atomic E-state index is 0.180. The fourth-order valence-electron chi connectivity index (χ4n) is 1.99. The van der Waals surface area contributed by atoms with Gasteiger partial charge in [0.05, 0.1) is 16.2 Å². The first kappa shape index (κ1) is 12.4. The van der Waals surface area contributed by atoms with Crippen LogP contribution in [0.5, 0.6) is 0 Å². The number of aliphatic carboxylic acids is 1. The van der Waals surface area contributed by atoms with Gasteiger partial charge in [-0.3, -0.25) is 4.79 Å². The number of thioether (sulfide) groups is 1. The van der Waals surface area contributed by atoms with Gasteiger partial charge in [-0.15, -0.1) is 0 Å². The number of pyridine rings is 1. The quantitative estimate of drug-likeness (QED) is 0.852. The molecule has 17 heavy (non-hydrogen) atoms. The summed E-state index contributed by atoms with van der Waals surface area (Å²) in [4.78, 5) is 15.3. The fraction of sp³-hybridized carbons (Fsp3) is 0.500. The van der Waals surface area contributed by atoms with E-state index in [4.69, 9.17) is 5.11 Å². The van der Waals surface area contributed by atoms with Crippen molar-refractivity contribution in [3.8, 4) is 0 Å². The van der Waals surface area contributed by atoms with Gasteiger partial charge in [-0.25, -0.2) is 4.98 Å². The van der Waals surface area contributed by atoms with E-state index in [2.05, 4.69) is 10.3 Å². The molecule has 1 fully saturated rings. The number of hydrogen-bond donors (Lipinski definition) is 2. The first-order valence-corrected chi connectivity index (χ1v) is 6.38. The SMILES string of the molecule is Cc1cc(C)nc(SC2(CC(=O)O)CNC2)c1. The van der Waals surface area contributed by atoms with Gasteiger partial charge >= 0.3 is 5.97 Å². The third-order valence-corrected chi connectivity index (χ3v) is 4.05. The van der Waals surface area contributed by atoms with E-state index in [0.29, 0.717) is 0 Å². The molecule has 2 heterocycles. The maximum atomic E-state index is 10.9. The van der Waals surface area contributed by atoms with Crippen LogP contribution in [0.15, 0.2) is 17.2 Å². The summed E-state index contributed by atoms with van der Waals surface area (Å²) in [5.41, 5.74) is 2.14. The number of rotatable bonds is 4. The summed E-state index contributed by atoms with van der Waals surface area (Å²) in [6.07, 6.45) is 0.180. The molecule has 0 saturated carbocycles. The molecule has 1 aromatic heterocycles. The monoisotopic (exact) mass is 252 g/mol. The zero-order valence-electron chi connectivity index (χ0n) is 9.99. The second-order valence-electron chi connectivity index (χ2n) is 4.58. The Morgan fingerprint density at radius 1 is 1.53 bits per heavy atom. The normalized spacial score (nSPS) is 17.5. The van der Waals surface area contributed by atoms with Crippen LogP contribution < -0.4 is 5.32 Å². The molecule has 0 atom stereocenters. The van der Waals surface area contributed by atoms with Crippen LogP contribution >= 0.6 is 11.8 Å². The van der Waals surface area contributed by atoms with Gasteiger partial charge in [0.15, 0.2) is 0 Å². The summed E-state index contributed by atoms with van der Waals surface area (Å²) >= 11 is 1.58. The molecule has 4 nitrogen and oxygen atoms in total. The molecule has 0 amide bonds. The largest absolute Gasteiger partial charge is 0.481 e. The molecule has 0 unspecified atom stereocenters. The Bertz CT molecular complexity index is 424. The van der Waals surface area contributed by atoms with E-state index in [-0.39, 0.29) is 11.2 Å². The molecule has 0 radical (unpaired) electrons. The fourth-order valence-corrected chi connectivity index (χ4v) is 3.41. The molecule has 92 valence electrons. The highest BCUT2D eigenvalue weighted by atomic mass is 32.2. The standard InChI is InChI=1S/C12H16N2O2S/c1-8-3-9(2)14-10(4-8)17-12(5-11(15)16)6-13-7-12/h3-4,13H,5-7H2,1-2H3,(H,15,16). The average molecular weight is 252 g/mol. The number of nitrogens with zero attached hydrogens (tertiary/aromatic N) is 1. The lowest BCUT2D eigenvalue weighted by Gasteiger charge is -2.40. The number of aryl methyl sites for hydroxylation is 2. The lowest BCUT2D eigenvalue weighted by atomic mass is 9.98. The van der Waals surface area contributed by atoms with Crippen molar-refractivity contribution in [2.24, 2.45) is 0 Å². The summed E-state index contributed by atoms with van der Waals surface area (Å²) in [6.45, 7) is 5.46. The lowest BCUT2D eigenvalue weighted by molar-refractivity contribution is -0.138. The van der Waals surface area contributed by atoms with Crippen molar-refractivity contribution in [1.82, 2.24) is 10.3 Å². The second kappa shape index (κ2) is 4.66. The van der Waals surface area contributed by atoms with Crippen molar-refractivity contribution in [2.45, 2.75) is 30.0 Å². The first-order chi connectivity index (χ1) is 7.99. The Morgan fingerprint density at radius 2 is 2.24 bits per heavy atom. The number of carboxylic acid groups (broad SMARTS) is 1. The van der Waals surface area contributed by atoms with Gasteiger partial charge in [-0.05, 0) is 31.5 Å². The smallest absolute Gasteiger partial charge is 0.304 e. The van der Waals surface area contributed by atoms with Crippen molar-refractivity contribution in [3.63, 3.8) is 0 Å². The number of carbonyl (C=O) groups is 1. The van der Waals surface area contributed by atoms with Gasteiger partial charge in [-0.2, -0.15) is 0 Å². The molecule has 0 spiro atoms. The van der Waals surface area contributed by atoms with Crippen LogP contribution in [0.25, 0.3) is 0 Å². The Hall–Kier alpha value is -1.07. The highest BCUT2D eigenvalue weighted by Crippen LogP contribution is 2.38. The van der Waals surface area contributed by atoms with Crippen LogP contribution in [0.1, 0.15) is 17.7 Å². The van der Waals surface area contributed by atoms with Crippen molar-refractivity contribution >= 4 is 17.7 Å². The molecule has 5 heteroatoms. The third-order valence-electron chi connectivity index (χ3n) is 2.76. The maximum absolute atomic E-state index is 10.9. The molecule has 1 saturated heterocycles. The topological polar surface area (TPSA) is 62.2 Å². The Balaban J connectivity index is 2.15. The third kappa shape index (κ3) is 2.98. The predicted octanol–water partition coefficient (Wildman–Crippen LogP) is 1.61. The molecule has 1 aliphatic rings. The zero-order valence-corrected chi connectivity index (χ0v) is 10.8. The van der Waals surface area contributed by atoms with E-state index in [1.54, 1.807) is 11.8 Å². The molecule has 1 aromatic rings. The average Bonchev–Trinajstić information content (AvgIpc) is 2.11. The van der Waals surface area contributed by atoms with E-state index in [9.17, 15) is 4.79 Å². The Morgan fingerprint density at radius 3 is 2.71 bits per heavy atom. The van der Waals surface area contributed by atoms with E-state index in [0.717, 1.165) is 29.4 Å². The molecule has 0 bridgehead atoms.